The average molecular weight is 546 g/mol. The number of nitrogens with zero attached hydrogens (tertiary/aromatic N) is 3. The molecule has 0 aromatic carbocycles. The number of rotatable bonds is 9. The zero-order chi connectivity index (χ0) is 26.6. The zero-order valence-electron chi connectivity index (χ0n) is 20.0. The normalized spacial score (nSPS) is 24.4. The maximum absolute atomic E-state index is 13.0. The molecule has 0 spiro atoms. The average Bonchev–Trinajstić information content (AvgIpc) is 3.23. The van der Waals surface area contributed by atoms with Gasteiger partial charge in [0, 0.05) is 31.7 Å². The molecule has 3 heterocycles. The van der Waals surface area contributed by atoms with E-state index in [0.717, 1.165) is 11.3 Å². The van der Waals surface area contributed by atoms with Crippen molar-refractivity contribution in [3.05, 3.63) is 11.1 Å². The Morgan fingerprint density at radius 3 is 2.64 bits per heavy atom. The fraction of sp³-hybridized carbons (Fsp3) is 0.600. The number of fused-ring (bicyclic) bond motifs is 1. The number of oxime groups is 1. The van der Waals surface area contributed by atoms with Gasteiger partial charge in [0.25, 0.3) is 5.91 Å². The number of nitrogens with one attached hydrogen (secondary N) is 1. The predicted octanol–water partition coefficient (Wildman–Crippen LogP) is 0.387. The fourth-order valence-corrected chi connectivity index (χ4v) is 5.71. The number of hydrogen-bond donors (Lipinski definition) is 3. The third-order valence-corrected chi connectivity index (χ3v) is 7.49. The number of β-lactam (4-membered cyclic amide) rings is 1. The molecule has 4 N–H and O–H groups in total. The molecule has 2 aliphatic heterocycles. The van der Waals surface area contributed by atoms with Gasteiger partial charge in [-0.25, -0.2) is 9.78 Å². The van der Waals surface area contributed by atoms with E-state index in [1.54, 1.807) is 13.8 Å². The van der Waals surface area contributed by atoms with Crippen LogP contribution in [0.25, 0.3) is 0 Å². The molecular formula is C20H27N5O9S2. The zero-order valence-corrected chi connectivity index (χ0v) is 21.6. The van der Waals surface area contributed by atoms with E-state index in [9.17, 15) is 24.4 Å². The molecule has 0 saturated carbocycles. The fourth-order valence-electron chi connectivity index (χ4n) is 3.65. The van der Waals surface area contributed by atoms with Crippen molar-refractivity contribution in [2.24, 2.45) is 10.6 Å². The second kappa shape index (κ2) is 11.3. The number of anilines is 1. The highest BCUT2D eigenvalue weighted by atomic mass is 32.2. The first-order valence-corrected chi connectivity index (χ1v) is 12.7. The molecule has 2 saturated heterocycles. The van der Waals surface area contributed by atoms with Crippen LogP contribution in [0.5, 0.6) is 0 Å². The Labute approximate surface area is 214 Å². The number of nitrogen functional groups attached to an aromatic ring is 1. The first kappa shape index (κ1) is 27.5. The summed E-state index contributed by atoms with van der Waals surface area (Å²) in [5.74, 6) is -1.74. The minimum atomic E-state index is -1.23. The number of aromatic nitrogens is 1. The van der Waals surface area contributed by atoms with Crippen molar-refractivity contribution in [1.29, 1.82) is 0 Å². The van der Waals surface area contributed by atoms with Crippen molar-refractivity contribution in [3.8, 4) is 0 Å². The van der Waals surface area contributed by atoms with Gasteiger partial charge >= 0.3 is 12.1 Å². The van der Waals surface area contributed by atoms with Gasteiger partial charge < -0.3 is 40.1 Å². The standard InChI is InChI=1S/C20H27N5O9S2/c1-9(2)32-19(29)34-10(3)33-17(28)20(7-31-4)6-25-15(27)13(16(25)36-8-20)23-14(26)12(24-30)11-5-35-18(21)22-11/h5,9-10,13,16,30H,6-8H2,1-4H3,(H2,21,22)(H,23,26)/t10?,13?,16-,20?/m1/s1. The number of esters is 1. The Kier molecular flexibility index (Phi) is 8.63. The van der Waals surface area contributed by atoms with Gasteiger partial charge in [-0.05, 0) is 13.8 Å². The molecule has 2 fully saturated rings. The molecule has 198 valence electrons. The second-order valence-electron chi connectivity index (χ2n) is 8.36. The molecule has 36 heavy (non-hydrogen) atoms. The molecular weight excluding hydrogens is 518 g/mol. The van der Waals surface area contributed by atoms with Crippen LogP contribution in [0, 0.1) is 5.41 Å². The van der Waals surface area contributed by atoms with E-state index in [1.165, 1.54) is 36.1 Å². The number of carbonyl (C=O) groups is 4. The number of methoxy groups -OCH3 is 1. The summed E-state index contributed by atoms with van der Waals surface area (Å²) in [7, 11) is 1.41. The molecule has 3 rings (SSSR count). The van der Waals surface area contributed by atoms with Crippen LogP contribution in [0.3, 0.4) is 0 Å². The third kappa shape index (κ3) is 5.82. The lowest BCUT2D eigenvalue weighted by Gasteiger charge is -2.53. The van der Waals surface area contributed by atoms with Crippen LogP contribution in [0.2, 0.25) is 0 Å². The molecule has 2 amide bonds. The molecule has 16 heteroatoms. The van der Waals surface area contributed by atoms with Crippen molar-refractivity contribution in [1.82, 2.24) is 15.2 Å². The van der Waals surface area contributed by atoms with Crippen LogP contribution in [0.4, 0.5) is 9.93 Å². The van der Waals surface area contributed by atoms with Gasteiger partial charge in [0.1, 0.15) is 22.5 Å². The maximum atomic E-state index is 13.0. The molecule has 4 atom stereocenters. The van der Waals surface area contributed by atoms with Crippen LogP contribution in [-0.4, -0.2) is 94.6 Å². The van der Waals surface area contributed by atoms with E-state index in [-0.39, 0.29) is 35.4 Å². The van der Waals surface area contributed by atoms with Crippen molar-refractivity contribution >= 4 is 57.9 Å². The highest BCUT2D eigenvalue weighted by molar-refractivity contribution is 8.00. The van der Waals surface area contributed by atoms with Gasteiger partial charge in [-0.2, -0.15) is 0 Å². The highest BCUT2D eigenvalue weighted by Crippen LogP contribution is 2.43. The highest BCUT2D eigenvalue weighted by Gasteiger charge is 2.58. The molecule has 0 bridgehead atoms. The van der Waals surface area contributed by atoms with Crippen molar-refractivity contribution in [3.63, 3.8) is 0 Å². The van der Waals surface area contributed by atoms with E-state index < -0.39 is 53.2 Å². The van der Waals surface area contributed by atoms with Crippen LogP contribution in [-0.2, 0) is 33.3 Å². The predicted molar refractivity (Wildman–Crippen MR) is 127 cm³/mol. The van der Waals surface area contributed by atoms with Crippen LogP contribution >= 0.6 is 23.1 Å². The monoisotopic (exact) mass is 545 g/mol. The summed E-state index contributed by atoms with van der Waals surface area (Å²) in [5.41, 5.74) is 4.04. The number of hydrogen-bond acceptors (Lipinski definition) is 14. The Balaban J connectivity index is 1.63. The van der Waals surface area contributed by atoms with E-state index in [2.05, 4.69) is 15.5 Å². The lowest BCUT2D eigenvalue weighted by molar-refractivity contribution is -0.185. The molecule has 1 aromatic rings. The first-order valence-electron chi connectivity index (χ1n) is 10.7. The van der Waals surface area contributed by atoms with E-state index in [1.807, 2.05) is 0 Å². The van der Waals surface area contributed by atoms with Crippen molar-refractivity contribution in [2.45, 2.75) is 44.6 Å². The van der Waals surface area contributed by atoms with Crippen molar-refractivity contribution in [2.75, 3.05) is 31.7 Å². The molecule has 2 aliphatic rings. The van der Waals surface area contributed by atoms with Crippen molar-refractivity contribution < 1.29 is 43.3 Å². The topological polar surface area (TPSA) is 192 Å². The summed E-state index contributed by atoms with van der Waals surface area (Å²) in [6.45, 7) is 4.58. The molecule has 3 unspecified atom stereocenters. The van der Waals surface area contributed by atoms with Gasteiger partial charge in [0.2, 0.25) is 12.2 Å². The van der Waals surface area contributed by atoms with Gasteiger partial charge in [-0.1, -0.05) is 5.16 Å². The summed E-state index contributed by atoms with van der Waals surface area (Å²) in [6, 6.07) is -0.903. The Morgan fingerprint density at radius 1 is 1.33 bits per heavy atom. The summed E-state index contributed by atoms with van der Waals surface area (Å²) in [6.07, 6.45) is -2.61. The Bertz CT molecular complexity index is 1050. The minimum absolute atomic E-state index is 0.0325. The lowest BCUT2D eigenvalue weighted by Crippen LogP contribution is -2.74. The summed E-state index contributed by atoms with van der Waals surface area (Å²) < 4.78 is 20.4. The largest absolute Gasteiger partial charge is 0.511 e. The smallest absolute Gasteiger partial charge is 0.431 e. The maximum Gasteiger partial charge on any atom is 0.511 e. The first-order chi connectivity index (χ1) is 17.0. The summed E-state index contributed by atoms with van der Waals surface area (Å²) in [4.78, 5) is 55.5. The van der Waals surface area contributed by atoms with Crippen LogP contribution in [0.1, 0.15) is 26.5 Å². The van der Waals surface area contributed by atoms with E-state index in [0.29, 0.717) is 0 Å². The number of nitrogens with two attached hydrogens (primary N) is 1. The number of amides is 2. The number of carbonyl (C=O) groups excluding carboxylic acids is 4. The van der Waals surface area contributed by atoms with E-state index >= 15 is 0 Å². The van der Waals surface area contributed by atoms with Crippen LogP contribution in [0.15, 0.2) is 10.5 Å². The van der Waals surface area contributed by atoms with Gasteiger partial charge in [-0.15, -0.1) is 23.1 Å². The third-order valence-electron chi connectivity index (χ3n) is 5.23. The van der Waals surface area contributed by atoms with Gasteiger partial charge in [0.15, 0.2) is 10.8 Å². The SMILES string of the molecule is COCC1(C(=O)OC(C)OC(=O)OC(C)C)CS[C@@H]2C(NC(=O)C(=NO)c3csc(N)n3)C(=O)N2C1. The Morgan fingerprint density at radius 2 is 2.06 bits per heavy atom. The number of thioether (sulfide) groups is 1. The quantitative estimate of drug-likeness (QED) is 0.0967. The molecule has 1 aromatic heterocycles. The van der Waals surface area contributed by atoms with Gasteiger partial charge in [0.05, 0.1) is 12.7 Å². The Hall–Kier alpha value is -3.11. The summed E-state index contributed by atoms with van der Waals surface area (Å²) >= 11 is 2.32. The molecule has 0 radical (unpaired) electrons. The van der Waals surface area contributed by atoms with Crippen LogP contribution < -0.4 is 11.1 Å². The van der Waals surface area contributed by atoms with Gasteiger partial charge in [-0.3, -0.25) is 14.4 Å². The van der Waals surface area contributed by atoms with E-state index in [4.69, 9.17) is 24.7 Å². The number of ether oxygens (including phenoxy) is 4. The molecule has 14 nitrogen and oxygen atoms in total. The second-order valence-corrected chi connectivity index (χ2v) is 10.4. The number of thiazole rings is 1. The minimum Gasteiger partial charge on any atom is -0.431 e. The summed E-state index contributed by atoms with van der Waals surface area (Å²) in [5, 5.41) is 16.0. The lowest BCUT2D eigenvalue weighted by atomic mass is 9.88. The molecule has 0 aliphatic carbocycles.